The van der Waals surface area contributed by atoms with Crippen molar-refractivity contribution in [1.29, 1.82) is 0 Å². The number of aromatic nitrogens is 4. The monoisotopic (exact) mass is 380 g/mol. The second kappa shape index (κ2) is 8.24. The van der Waals surface area contributed by atoms with Crippen molar-refractivity contribution in [2.75, 3.05) is 11.4 Å². The molecule has 1 unspecified atom stereocenters. The zero-order valence-corrected chi connectivity index (χ0v) is 15.9. The van der Waals surface area contributed by atoms with Gasteiger partial charge in [-0.3, -0.25) is 9.36 Å². The molecule has 1 aliphatic rings. The van der Waals surface area contributed by atoms with Crippen molar-refractivity contribution >= 4 is 11.7 Å². The lowest BCUT2D eigenvalue weighted by Crippen LogP contribution is -2.43. The number of carbonyl (C=O) groups is 1. The SMILES string of the molecule is Cc1cc(N2CCCCC2CC(=O)NCc2ccco2)nc(-n2ccnc2)n1. The van der Waals surface area contributed by atoms with Crippen LogP contribution < -0.4 is 10.2 Å². The van der Waals surface area contributed by atoms with Gasteiger partial charge in [0.05, 0.1) is 12.8 Å². The lowest BCUT2D eigenvalue weighted by molar-refractivity contribution is -0.121. The second-order valence-electron chi connectivity index (χ2n) is 7.04. The molecule has 1 atom stereocenters. The number of aryl methyl sites for hydroxylation is 1. The summed E-state index contributed by atoms with van der Waals surface area (Å²) in [5.41, 5.74) is 0.889. The van der Waals surface area contributed by atoms with E-state index in [1.165, 1.54) is 0 Å². The van der Waals surface area contributed by atoms with Crippen LogP contribution in [-0.4, -0.2) is 38.0 Å². The van der Waals surface area contributed by atoms with Crippen molar-refractivity contribution < 1.29 is 9.21 Å². The maximum atomic E-state index is 12.5. The van der Waals surface area contributed by atoms with Crippen molar-refractivity contribution in [1.82, 2.24) is 24.8 Å². The standard InChI is InChI=1S/C20H24N6O2/c1-15-11-18(24-20(23-15)25-9-7-21-14-25)26-8-3-2-5-16(26)12-19(27)22-13-17-6-4-10-28-17/h4,6-7,9-11,14,16H,2-3,5,8,12-13H2,1H3,(H,22,27). The van der Waals surface area contributed by atoms with Gasteiger partial charge in [-0.25, -0.2) is 9.97 Å². The molecule has 8 heteroatoms. The molecule has 146 valence electrons. The van der Waals surface area contributed by atoms with E-state index < -0.39 is 0 Å². The number of piperidine rings is 1. The lowest BCUT2D eigenvalue weighted by Gasteiger charge is -2.36. The summed E-state index contributed by atoms with van der Waals surface area (Å²) in [5, 5.41) is 2.95. The second-order valence-corrected chi connectivity index (χ2v) is 7.04. The van der Waals surface area contributed by atoms with Crippen LogP contribution in [0, 0.1) is 6.92 Å². The fourth-order valence-corrected chi connectivity index (χ4v) is 3.58. The number of carbonyl (C=O) groups excluding carboxylic acids is 1. The Balaban J connectivity index is 1.48. The molecule has 28 heavy (non-hydrogen) atoms. The zero-order valence-electron chi connectivity index (χ0n) is 15.9. The molecule has 4 heterocycles. The van der Waals surface area contributed by atoms with Gasteiger partial charge in [-0.1, -0.05) is 0 Å². The molecule has 8 nitrogen and oxygen atoms in total. The van der Waals surface area contributed by atoms with E-state index in [-0.39, 0.29) is 11.9 Å². The molecule has 4 rings (SSSR count). The highest BCUT2D eigenvalue weighted by Crippen LogP contribution is 2.26. The first-order valence-electron chi connectivity index (χ1n) is 9.59. The number of furan rings is 1. The Morgan fingerprint density at radius 2 is 2.29 bits per heavy atom. The number of nitrogens with one attached hydrogen (secondary N) is 1. The molecular formula is C20H24N6O2. The van der Waals surface area contributed by atoms with E-state index in [1.807, 2.05) is 31.3 Å². The molecule has 0 aliphatic carbocycles. The maximum absolute atomic E-state index is 12.5. The van der Waals surface area contributed by atoms with Gasteiger partial charge < -0.3 is 14.6 Å². The first kappa shape index (κ1) is 18.2. The fraction of sp³-hybridized carbons (Fsp3) is 0.400. The van der Waals surface area contributed by atoms with E-state index in [9.17, 15) is 4.79 Å². The van der Waals surface area contributed by atoms with Crippen LogP contribution >= 0.6 is 0 Å². The molecule has 0 radical (unpaired) electrons. The molecule has 1 saturated heterocycles. The summed E-state index contributed by atoms with van der Waals surface area (Å²) in [5.74, 6) is 2.23. The van der Waals surface area contributed by atoms with Gasteiger partial charge in [-0.15, -0.1) is 0 Å². The molecule has 3 aromatic rings. The predicted octanol–water partition coefficient (Wildman–Crippen LogP) is 2.63. The largest absolute Gasteiger partial charge is 0.467 e. The van der Waals surface area contributed by atoms with Crippen LogP contribution in [0.2, 0.25) is 0 Å². The lowest BCUT2D eigenvalue weighted by atomic mass is 9.99. The van der Waals surface area contributed by atoms with Gasteiger partial charge in [-0.2, -0.15) is 4.98 Å². The quantitative estimate of drug-likeness (QED) is 0.707. The number of rotatable bonds is 6. The third-order valence-corrected chi connectivity index (χ3v) is 4.95. The average molecular weight is 380 g/mol. The van der Waals surface area contributed by atoms with Crippen molar-refractivity contribution in [2.24, 2.45) is 0 Å². The van der Waals surface area contributed by atoms with Gasteiger partial charge >= 0.3 is 0 Å². The zero-order chi connectivity index (χ0) is 19.3. The number of hydrogen-bond donors (Lipinski definition) is 1. The highest BCUT2D eigenvalue weighted by atomic mass is 16.3. The van der Waals surface area contributed by atoms with Crippen LogP contribution in [0.3, 0.4) is 0 Å². The molecular weight excluding hydrogens is 356 g/mol. The Labute approximate surface area is 163 Å². The van der Waals surface area contributed by atoms with Gasteiger partial charge in [0.2, 0.25) is 11.9 Å². The number of anilines is 1. The summed E-state index contributed by atoms with van der Waals surface area (Å²) in [6, 6.07) is 5.78. The van der Waals surface area contributed by atoms with E-state index in [2.05, 4.69) is 20.2 Å². The van der Waals surface area contributed by atoms with E-state index in [0.717, 1.165) is 43.1 Å². The molecule has 1 amide bonds. The highest BCUT2D eigenvalue weighted by Gasteiger charge is 2.26. The van der Waals surface area contributed by atoms with Crippen LogP contribution in [0.15, 0.2) is 47.6 Å². The third kappa shape index (κ3) is 4.21. The molecule has 1 fully saturated rings. The predicted molar refractivity (Wildman–Crippen MR) is 104 cm³/mol. The number of nitrogens with zero attached hydrogens (tertiary/aromatic N) is 5. The third-order valence-electron chi connectivity index (χ3n) is 4.95. The maximum Gasteiger partial charge on any atom is 0.237 e. The molecule has 0 spiro atoms. The summed E-state index contributed by atoms with van der Waals surface area (Å²) < 4.78 is 7.07. The Kier molecular flexibility index (Phi) is 5.36. The van der Waals surface area contributed by atoms with Gasteiger partial charge in [0, 0.05) is 43.2 Å². The average Bonchev–Trinajstić information content (AvgIpc) is 3.40. The summed E-state index contributed by atoms with van der Waals surface area (Å²) in [4.78, 5) is 28.0. The van der Waals surface area contributed by atoms with Crippen LogP contribution in [0.25, 0.3) is 5.95 Å². The number of hydrogen-bond acceptors (Lipinski definition) is 6. The van der Waals surface area contributed by atoms with Crippen molar-refractivity contribution in [3.63, 3.8) is 0 Å². The molecule has 0 saturated carbocycles. The van der Waals surface area contributed by atoms with Crippen molar-refractivity contribution in [2.45, 2.75) is 45.2 Å². The van der Waals surface area contributed by atoms with Gasteiger partial charge in [-0.05, 0) is 38.3 Å². The smallest absolute Gasteiger partial charge is 0.237 e. The number of imidazole rings is 1. The van der Waals surface area contributed by atoms with Crippen LogP contribution in [0.4, 0.5) is 5.82 Å². The van der Waals surface area contributed by atoms with Crippen molar-refractivity contribution in [3.8, 4) is 5.95 Å². The van der Waals surface area contributed by atoms with Gasteiger partial charge in [0.1, 0.15) is 17.9 Å². The minimum absolute atomic E-state index is 0.0221. The minimum atomic E-state index is 0.0221. The summed E-state index contributed by atoms with van der Waals surface area (Å²) in [6.07, 6.45) is 10.4. The highest BCUT2D eigenvalue weighted by molar-refractivity contribution is 5.77. The first-order chi connectivity index (χ1) is 13.7. The molecule has 0 aromatic carbocycles. The summed E-state index contributed by atoms with van der Waals surface area (Å²) in [7, 11) is 0. The first-order valence-corrected chi connectivity index (χ1v) is 9.59. The normalized spacial score (nSPS) is 16.9. The van der Waals surface area contributed by atoms with Crippen LogP contribution in [0.5, 0.6) is 0 Å². The van der Waals surface area contributed by atoms with E-state index in [4.69, 9.17) is 9.40 Å². The Morgan fingerprint density at radius 1 is 1.36 bits per heavy atom. The summed E-state index contributed by atoms with van der Waals surface area (Å²) >= 11 is 0. The minimum Gasteiger partial charge on any atom is -0.467 e. The van der Waals surface area contributed by atoms with Crippen molar-refractivity contribution in [3.05, 3.63) is 54.6 Å². The molecule has 3 aromatic heterocycles. The number of amides is 1. The van der Waals surface area contributed by atoms with Gasteiger partial charge in [0.15, 0.2) is 0 Å². The summed E-state index contributed by atoms with van der Waals surface area (Å²) in [6.45, 7) is 3.26. The Bertz CT molecular complexity index is 907. The molecule has 1 N–H and O–H groups in total. The van der Waals surface area contributed by atoms with Crippen LogP contribution in [0.1, 0.15) is 37.1 Å². The molecule has 1 aliphatic heterocycles. The van der Waals surface area contributed by atoms with Crippen LogP contribution in [-0.2, 0) is 11.3 Å². The Hall–Kier alpha value is -3.16. The van der Waals surface area contributed by atoms with E-state index in [0.29, 0.717) is 18.9 Å². The van der Waals surface area contributed by atoms with E-state index in [1.54, 1.807) is 23.4 Å². The topological polar surface area (TPSA) is 89.1 Å². The van der Waals surface area contributed by atoms with Gasteiger partial charge in [0.25, 0.3) is 0 Å². The Morgan fingerprint density at radius 3 is 3.07 bits per heavy atom. The fourth-order valence-electron chi connectivity index (χ4n) is 3.58. The van der Waals surface area contributed by atoms with E-state index >= 15 is 0 Å². The molecule has 0 bridgehead atoms.